The molecule has 29 heavy (non-hydrogen) atoms. The van der Waals surface area contributed by atoms with E-state index in [0.717, 1.165) is 11.1 Å². The van der Waals surface area contributed by atoms with Crippen molar-refractivity contribution >= 4 is 17.5 Å². The molecular formula is C21H18ClFN2O4. The van der Waals surface area contributed by atoms with Gasteiger partial charge in [-0.3, -0.25) is 4.79 Å². The summed E-state index contributed by atoms with van der Waals surface area (Å²) in [5.74, 6) is 1.64. The van der Waals surface area contributed by atoms with Crippen molar-refractivity contribution in [2.75, 3.05) is 13.2 Å². The van der Waals surface area contributed by atoms with Gasteiger partial charge in [-0.2, -0.15) is 0 Å². The number of carbonyl (C=O) groups is 1. The molecule has 6 nitrogen and oxygen atoms in total. The molecule has 0 radical (unpaired) electrons. The molecule has 8 heteroatoms. The average Bonchev–Trinajstić information content (AvgIpc) is 3.20. The lowest BCUT2D eigenvalue weighted by Crippen LogP contribution is -2.23. The predicted octanol–water partition coefficient (Wildman–Crippen LogP) is 4.15. The van der Waals surface area contributed by atoms with Crippen LogP contribution in [0, 0.1) is 5.82 Å². The van der Waals surface area contributed by atoms with Gasteiger partial charge in [0.15, 0.2) is 23.1 Å². The summed E-state index contributed by atoms with van der Waals surface area (Å²) in [6, 6.07) is 9.50. The topological polar surface area (TPSA) is 73.6 Å². The van der Waals surface area contributed by atoms with E-state index < -0.39 is 0 Å². The van der Waals surface area contributed by atoms with Gasteiger partial charge in [0.2, 0.25) is 5.91 Å². The number of oxazole rings is 1. The molecule has 1 aliphatic rings. The first-order valence-electron chi connectivity index (χ1n) is 9.14. The summed E-state index contributed by atoms with van der Waals surface area (Å²) < 4.78 is 29.7. The number of nitrogens with one attached hydrogen (secondary N) is 1. The van der Waals surface area contributed by atoms with Crippen molar-refractivity contribution in [3.8, 4) is 22.8 Å². The van der Waals surface area contributed by atoms with Crippen LogP contribution in [-0.4, -0.2) is 24.1 Å². The molecule has 0 unspecified atom stereocenters. The summed E-state index contributed by atoms with van der Waals surface area (Å²) in [6.07, 6.45) is 2.15. The first-order chi connectivity index (χ1) is 14.1. The van der Waals surface area contributed by atoms with Crippen LogP contribution in [0.25, 0.3) is 11.3 Å². The lowest BCUT2D eigenvalue weighted by Gasteiger charge is -2.20. The van der Waals surface area contributed by atoms with Crippen LogP contribution in [0.5, 0.6) is 11.5 Å². The summed E-state index contributed by atoms with van der Waals surface area (Å²) in [5, 5.41) is 3.30. The summed E-state index contributed by atoms with van der Waals surface area (Å²) in [7, 11) is 0. The fraction of sp³-hybridized carbons (Fsp3) is 0.238. The van der Waals surface area contributed by atoms with Crippen molar-refractivity contribution in [2.45, 2.75) is 19.4 Å². The highest BCUT2D eigenvalue weighted by molar-refractivity contribution is 6.32. The highest BCUT2D eigenvalue weighted by Gasteiger charge is 2.17. The standard InChI is InChI=1S/C21H18ClFN2O4/c22-16-9-13(10-17-21(16)28-8-7-27-17)11-24-19(26)5-6-20-25-12-18(29-20)14-1-3-15(23)4-2-14/h1-4,9-10,12H,5-8,11H2,(H,24,26). The largest absolute Gasteiger partial charge is 0.486 e. The minimum absolute atomic E-state index is 0.141. The summed E-state index contributed by atoms with van der Waals surface area (Å²) >= 11 is 6.21. The Balaban J connectivity index is 1.30. The number of carbonyl (C=O) groups excluding carboxylic acids is 1. The zero-order valence-electron chi connectivity index (χ0n) is 15.4. The van der Waals surface area contributed by atoms with E-state index in [2.05, 4.69) is 10.3 Å². The minimum atomic E-state index is -0.315. The van der Waals surface area contributed by atoms with E-state index in [-0.39, 0.29) is 18.1 Å². The quantitative estimate of drug-likeness (QED) is 0.653. The molecule has 0 spiro atoms. The number of benzene rings is 2. The van der Waals surface area contributed by atoms with Crippen molar-refractivity contribution in [3.63, 3.8) is 0 Å². The van der Waals surface area contributed by atoms with Gasteiger partial charge in [0.05, 0.1) is 11.2 Å². The molecule has 1 aromatic heterocycles. The Hall–Kier alpha value is -3.06. The number of halogens is 2. The van der Waals surface area contributed by atoms with Crippen molar-refractivity contribution < 1.29 is 23.1 Å². The van der Waals surface area contributed by atoms with E-state index in [0.29, 0.717) is 54.4 Å². The second kappa shape index (κ2) is 8.53. The van der Waals surface area contributed by atoms with E-state index in [4.69, 9.17) is 25.5 Å². The van der Waals surface area contributed by atoms with Crippen LogP contribution < -0.4 is 14.8 Å². The molecule has 2 aromatic carbocycles. The number of hydrogen-bond acceptors (Lipinski definition) is 5. The zero-order chi connectivity index (χ0) is 20.2. The number of hydrogen-bond donors (Lipinski definition) is 1. The maximum absolute atomic E-state index is 13.0. The average molecular weight is 417 g/mol. The van der Waals surface area contributed by atoms with Gasteiger partial charge in [0.25, 0.3) is 0 Å². The summed E-state index contributed by atoms with van der Waals surface area (Å²) in [5.41, 5.74) is 1.55. The van der Waals surface area contributed by atoms with E-state index in [1.807, 2.05) is 6.07 Å². The fourth-order valence-corrected chi connectivity index (χ4v) is 3.24. The van der Waals surface area contributed by atoms with Gasteiger partial charge in [-0.25, -0.2) is 9.37 Å². The van der Waals surface area contributed by atoms with Crippen molar-refractivity contribution in [1.29, 1.82) is 0 Å². The molecule has 0 saturated carbocycles. The minimum Gasteiger partial charge on any atom is -0.486 e. The van der Waals surface area contributed by atoms with Gasteiger partial charge >= 0.3 is 0 Å². The third-order valence-electron chi connectivity index (χ3n) is 4.39. The lowest BCUT2D eigenvalue weighted by atomic mass is 10.2. The number of aryl methyl sites for hydroxylation is 1. The van der Waals surface area contributed by atoms with Crippen molar-refractivity contribution in [2.24, 2.45) is 0 Å². The number of ether oxygens (including phenoxy) is 2. The monoisotopic (exact) mass is 416 g/mol. The Morgan fingerprint density at radius 2 is 1.97 bits per heavy atom. The van der Waals surface area contributed by atoms with Crippen LogP contribution in [-0.2, 0) is 17.8 Å². The smallest absolute Gasteiger partial charge is 0.220 e. The molecule has 0 fully saturated rings. The normalized spacial score (nSPS) is 12.6. The molecule has 0 atom stereocenters. The third-order valence-corrected chi connectivity index (χ3v) is 4.68. The molecule has 0 bridgehead atoms. The van der Waals surface area contributed by atoms with Gasteiger partial charge in [0.1, 0.15) is 19.0 Å². The predicted molar refractivity (Wildman–Crippen MR) is 105 cm³/mol. The van der Waals surface area contributed by atoms with E-state index in [1.54, 1.807) is 24.4 Å². The number of rotatable bonds is 6. The fourth-order valence-electron chi connectivity index (χ4n) is 2.95. The molecule has 0 aliphatic carbocycles. The molecule has 1 aliphatic heterocycles. The second-order valence-corrected chi connectivity index (χ2v) is 6.91. The maximum atomic E-state index is 13.0. The Labute approximate surface area is 171 Å². The van der Waals surface area contributed by atoms with E-state index >= 15 is 0 Å². The summed E-state index contributed by atoms with van der Waals surface area (Å²) in [4.78, 5) is 16.3. The van der Waals surface area contributed by atoms with Gasteiger partial charge < -0.3 is 19.2 Å². The Kier molecular flexibility index (Phi) is 5.67. The molecule has 0 saturated heterocycles. The lowest BCUT2D eigenvalue weighted by molar-refractivity contribution is -0.121. The number of aromatic nitrogens is 1. The van der Waals surface area contributed by atoms with Crippen LogP contribution in [0.1, 0.15) is 17.9 Å². The number of nitrogens with zero attached hydrogens (tertiary/aromatic N) is 1. The molecule has 1 N–H and O–H groups in total. The number of fused-ring (bicyclic) bond motifs is 1. The van der Waals surface area contributed by atoms with Gasteiger partial charge in [-0.15, -0.1) is 0 Å². The van der Waals surface area contributed by atoms with Crippen LogP contribution in [0.4, 0.5) is 4.39 Å². The SMILES string of the molecule is O=C(CCc1ncc(-c2ccc(F)cc2)o1)NCc1cc(Cl)c2c(c1)OCCO2. The molecule has 150 valence electrons. The van der Waals surface area contributed by atoms with Gasteiger partial charge in [-0.05, 0) is 42.0 Å². The Morgan fingerprint density at radius 1 is 1.17 bits per heavy atom. The number of amides is 1. The highest BCUT2D eigenvalue weighted by Crippen LogP contribution is 2.38. The first-order valence-corrected chi connectivity index (χ1v) is 9.51. The molecule has 4 rings (SSSR count). The highest BCUT2D eigenvalue weighted by atomic mass is 35.5. The summed E-state index contributed by atoms with van der Waals surface area (Å²) in [6.45, 7) is 1.25. The van der Waals surface area contributed by atoms with Gasteiger partial charge in [0, 0.05) is 24.9 Å². The molecule has 1 amide bonds. The molecular weight excluding hydrogens is 399 g/mol. The van der Waals surface area contributed by atoms with Crippen LogP contribution in [0.2, 0.25) is 5.02 Å². The third kappa shape index (κ3) is 4.68. The Bertz CT molecular complexity index is 1020. The first kappa shape index (κ1) is 19.3. The molecule has 3 aromatic rings. The maximum Gasteiger partial charge on any atom is 0.220 e. The Morgan fingerprint density at radius 3 is 2.79 bits per heavy atom. The molecule has 2 heterocycles. The van der Waals surface area contributed by atoms with Crippen molar-refractivity contribution in [1.82, 2.24) is 10.3 Å². The van der Waals surface area contributed by atoms with Crippen molar-refractivity contribution in [3.05, 3.63) is 64.9 Å². The zero-order valence-corrected chi connectivity index (χ0v) is 16.2. The van der Waals surface area contributed by atoms with E-state index in [1.165, 1.54) is 12.1 Å². The van der Waals surface area contributed by atoms with Crippen LogP contribution in [0.3, 0.4) is 0 Å². The van der Waals surface area contributed by atoms with Crippen LogP contribution >= 0.6 is 11.6 Å². The second-order valence-electron chi connectivity index (χ2n) is 6.50. The van der Waals surface area contributed by atoms with Crippen LogP contribution in [0.15, 0.2) is 47.0 Å². The van der Waals surface area contributed by atoms with E-state index in [9.17, 15) is 9.18 Å². The van der Waals surface area contributed by atoms with Gasteiger partial charge in [-0.1, -0.05) is 11.6 Å².